The van der Waals surface area contributed by atoms with Crippen LogP contribution in [0.25, 0.3) is 0 Å². The molecule has 0 atom stereocenters. The number of aliphatic carboxylic acids is 1. The van der Waals surface area contributed by atoms with Crippen LogP contribution in [-0.4, -0.2) is 48.3 Å². The maximum Gasteiger partial charge on any atom is 0.303 e. The van der Waals surface area contributed by atoms with Gasteiger partial charge in [-0.05, 0) is 20.5 Å². The number of hydrogen-bond acceptors (Lipinski definition) is 3. The molecule has 20 heavy (non-hydrogen) atoms. The summed E-state index contributed by atoms with van der Waals surface area (Å²) in [5.41, 5.74) is 0. The monoisotopic (exact) mass is 289 g/mol. The van der Waals surface area contributed by atoms with Crippen LogP contribution in [0.1, 0.15) is 71.1 Å². The zero-order valence-electron chi connectivity index (χ0n) is 13.7. The summed E-state index contributed by atoms with van der Waals surface area (Å²) in [7, 11) is 3.85. The average Bonchev–Trinajstić information content (AvgIpc) is 2.37. The molecule has 0 bridgehead atoms. The zero-order chi connectivity index (χ0) is 15.6. The maximum atomic E-state index is 10.2. The van der Waals surface area contributed by atoms with Crippen LogP contribution in [0.3, 0.4) is 0 Å². The van der Waals surface area contributed by atoms with E-state index in [1.165, 1.54) is 44.9 Å². The van der Waals surface area contributed by atoms with Crippen molar-refractivity contribution >= 4 is 5.97 Å². The van der Waals surface area contributed by atoms with Crippen LogP contribution in [0.15, 0.2) is 0 Å². The number of hydrogen-bond donors (Lipinski definition) is 2. The van der Waals surface area contributed by atoms with Crippen molar-refractivity contribution in [2.75, 3.05) is 27.2 Å². The lowest BCUT2D eigenvalue weighted by molar-refractivity contribution is -0.137. The van der Waals surface area contributed by atoms with Crippen LogP contribution in [0, 0.1) is 0 Å². The van der Waals surface area contributed by atoms with Crippen LogP contribution in [0.4, 0.5) is 0 Å². The van der Waals surface area contributed by atoms with Gasteiger partial charge in [0.25, 0.3) is 0 Å². The summed E-state index contributed by atoms with van der Waals surface area (Å²) in [6.07, 6.45) is 11.5. The number of aliphatic hydroxyl groups excluding tert-OH is 1. The second-order valence-electron chi connectivity index (χ2n) is 5.50. The topological polar surface area (TPSA) is 60.8 Å². The molecule has 4 nitrogen and oxygen atoms in total. The normalized spacial score (nSPS) is 10.2. The number of nitrogens with zero attached hydrogens (tertiary/aromatic N) is 1. The Labute approximate surface area is 125 Å². The number of unbranched alkanes of at least 4 members (excludes halogenated alkanes) is 8. The highest BCUT2D eigenvalue weighted by atomic mass is 16.4. The SMILES string of the molecule is CCCCCCCCCCCC(=O)O.CN(C)CCO. The van der Waals surface area contributed by atoms with E-state index < -0.39 is 5.97 Å². The van der Waals surface area contributed by atoms with E-state index in [0.717, 1.165) is 19.4 Å². The molecule has 0 aromatic rings. The summed E-state index contributed by atoms with van der Waals surface area (Å²) in [4.78, 5) is 12.1. The van der Waals surface area contributed by atoms with Gasteiger partial charge in [-0.1, -0.05) is 58.3 Å². The first-order chi connectivity index (χ1) is 9.54. The molecule has 2 N–H and O–H groups in total. The number of aliphatic hydroxyl groups is 1. The van der Waals surface area contributed by atoms with Crippen molar-refractivity contribution in [2.24, 2.45) is 0 Å². The summed E-state index contributed by atoms with van der Waals surface area (Å²) in [5, 5.41) is 16.6. The Kier molecular flexibility index (Phi) is 19.9. The third kappa shape index (κ3) is 26.1. The Bertz CT molecular complexity index is 196. The van der Waals surface area contributed by atoms with Gasteiger partial charge < -0.3 is 15.1 Å². The predicted octanol–water partition coefficient (Wildman–Crippen LogP) is 3.53. The van der Waals surface area contributed by atoms with Gasteiger partial charge in [-0.3, -0.25) is 4.79 Å². The van der Waals surface area contributed by atoms with Gasteiger partial charge in [0.2, 0.25) is 0 Å². The van der Waals surface area contributed by atoms with Crippen molar-refractivity contribution in [1.82, 2.24) is 4.90 Å². The third-order valence-corrected chi connectivity index (χ3v) is 3.04. The molecular weight excluding hydrogens is 254 g/mol. The number of carboxylic acid groups (broad SMARTS) is 1. The molecule has 0 fully saturated rings. The van der Waals surface area contributed by atoms with E-state index in [9.17, 15) is 4.79 Å². The first-order valence-electron chi connectivity index (χ1n) is 8.02. The van der Waals surface area contributed by atoms with Crippen molar-refractivity contribution < 1.29 is 15.0 Å². The second kappa shape index (κ2) is 18.4. The fraction of sp³-hybridized carbons (Fsp3) is 0.938. The largest absolute Gasteiger partial charge is 0.481 e. The van der Waals surface area contributed by atoms with Crippen LogP contribution in [-0.2, 0) is 4.79 Å². The summed E-state index contributed by atoms with van der Waals surface area (Å²) >= 11 is 0. The van der Waals surface area contributed by atoms with E-state index >= 15 is 0 Å². The van der Waals surface area contributed by atoms with Crippen LogP contribution in [0.5, 0.6) is 0 Å². The van der Waals surface area contributed by atoms with Crippen LogP contribution < -0.4 is 0 Å². The van der Waals surface area contributed by atoms with E-state index in [-0.39, 0.29) is 6.61 Å². The molecule has 0 heterocycles. The molecule has 0 aliphatic carbocycles. The summed E-state index contributed by atoms with van der Waals surface area (Å²) in [6, 6.07) is 0. The van der Waals surface area contributed by atoms with E-state index in [2.05, 4.69) is 6.92 Å². The van der Waals surface area contributed by atoms with Gasteiger partial charge in [0.1, 0.15) is 0 Å². The highest BCUT2D eigenvalue weighted by Gasteiger charge is 1.96. The minimum Gasteiger partial charge on any atom is -0.481 e. The molecule has 0 unspecified atom stereocenters. The minimum atomic E-state index is -0.659. The molecule has 0 aliphatic heterocycles. The number of carboxylic acids is 1. The van der Waals surface area contributed by atoms with Gasteiger partial charge in [-0.25, -0.2) is 0 Å². The molecule has 0 aromatic carbocycles. The molecule has 0 spiro atoms. The van der Waals surface area contributed by atoms with E-state index in [0.29, 0.717) is 6.42 Å². The highest BCUT2D eigenvalue weighted by Crippen LogP contribution is 2.10. The molecule has 122 valence electrons. The van der Waals surface area contributed by atoms with Crippen LogP contribution >= 0.6 is 0 Å². The predicted molar refractivity (Wildman–Crippen MR) is 85.1 cm³/mol. The number of carbonyl (C=O) groups is 1. The molecule has 0 aromatic heterocycles. The quantitative estimate of drug-likeness (QED) is 0.540. The van der Waals surface area contributed by atoms with Gasteiger partial charge in [0, 0.05) is 13.0 Å². The van der Waals surface area contributed by atoms with E-state index in [1.54, 1.807) is 0 Å². The lowest BCUT2D eigenvalue weighted by Gasteiger charge is -2.03. The molecule has 0 amide bonds. The molecule has 0 saturated carbocycles. The molecular formula is C16H35NO3. The van der Waals surface area contributed by atoms with Crippen molar-refractivity contribution in [1.29, 1.82) is 0 Å². The van der Waals surface area contributed by atoms with Crippen molar-refractivity contribution in [2.45, 2.75) is 71.1 Å². The molecule has 0 saturated heterocycles. The van der Waals surface area contributed by atoms with E-state index in [4.69, 9.17) is 10.2 Å². The minimum absolute atomic E-state index is 0.257. The van der Waals surface area contributed by atoms with Crippen LogP contribution in [0.2, 0.25) is 0 Å². The van der Waals surface area contributed by atoms with Crippen molar-refractivity contribution in [3.8, 4) is 0 Å². The van der Waals surface area contributed by atoms with Gasteiger partial charge >= 0.3 is 5.97 Å². The Balaban J connectivity index is 0. The summed E-state index contributed by atoms with van der Waals surface area (Å²) in [5.74, 6) is -0.659. The number of rotatable bonds is 12. The highest BCUT2D eigenvalue weighted by molar-refractivity contribution is 5.66. The first-order valence-corrected chi connectivity index (χ1v) is 8.02. The Morgan fingerprint density at radius 3 is 1.65 bits per heavy atom. The molecule has 0 rings (SSSR count). The van der Waals surface area contributed by atoms with Crippen molar-refractivity contribution in [3.05, 3.63) is 0 Å². The number of likely N-dealkylation sites (N-methyl/N-ethyl adjacent to an activating group) is 1. The van der Waals surface area contributed by atoms with Gasteiger partial charge in [0.15, 0.2) is 0 Å². The van der Waals surface area contributed by atoms with Gasteiger partial charge in [-0.15, -0.1) is 0 Å². The van der Waals surface area contributed by atoms with Crippen molar-refractivity contribution in [3.63, 3.8) is 0 Å². The smallest absolute Gasteiger partial charge is 0.303 e. The second-order valence-corrected chi connectivity index (χ2v) is 5.50. The molecule has 0 aliphatic rings. The maximum absolute atomic E-state index is 10.2. The summed E-state index contributed by atoms with van der Waals surface area (Å²) < 4.78 is 0. The van der Waals surface area contributed by atoms with Gasteiger partial charge in [0.05, 0.1) is 6.61 Å². The van der Waals surface area contributed by atoms with Gasteiger partial charge in [-0.2, -0.15) is 0 Å². The first kappa shape index (κ1) is 21.7. The average molecular weight is 289 g/mol. The zero-order valence-corrected chi connectivity index (χ0v) is 13.7. The fourth-order valence-corrected chi connectivity index (χ4v) is 1.79. The molecule has 4 heteroatoms. The fourth-order valence-electron chi connectivity index (χ4n) is 1.79. The summed E-state index contributed by atoms with van der Waals surface area (Å²) in [6.45, 7) is 3.25. The Morgan fingerprint density at radius 2 is 1.35 bits per heavy atom. The third-order valence-electron chi connectivity index (χ3n) is 3.04. The lowest BCUT2D eigenvalue weighted by Crippen LogP contribution is -2.15. The lowest BCUT2D eigenvalue weighted by atomic mass is 10.1. The Hall–Kier alpha value is -0.610. The molecule has 0 radical (unpaired) electrons. The van der Waals surface area contributed by atoms with E-state index in [1.807, 2.05) is 19.0 Å². The standard InChI is InChI=1S/C12H24O2.C4H11NO/c1-2-3-4-5-6-7-8-9-10-11-12(13)14;1-5(2)3-4-6/h2-11H2,1H3,(H,13,14);6H,3-4H2,1-2H3. The Morgan fingerprint density at radius 1 is 0.900 bits per heavy atom.